The van der Waals surface area contributed by atoms with Gasteiger partial charge in [0.15, 0.2) is 11.5 Å². The summed E-state index contributed by atoms with van der Waals surface area (Å²) in [5.41, 5.74) is 2.38. The van der Waals surface area contributed by atoms with E-state index in [0.717, 1.165) is 8.95 Å². The van der Waals surface area contributed by atoms with E-state index in [4.69, 9.17) is 19.2 Å². The zero-order chi connectivity index (χ0) is 24.9. The largest absolute Gasteiger partial charge is 0.493 e. The molecular formula is C25H21Br2N3O5. The molecule has 0 saturated heterocycles. The van der Waals surface area contributed by atoms with Crippen LogP contribution in [-0.4, -0.2) is 41.6 Å². The lowest BCUT2D eigenvalue weighted by Crippen LogP contribution is -2.17. The molecular weight excluding hydrogens is 582 g/mol. The highest BCUT2D eigenvalue weighted by atomic mass is 79.9. The maximum absolute atomic E-state index is 12.6. The fraction of sp³-hybridized carbons (Fsp3) is 0.160. The van der Waals surface area contributed by atoms with E-state index < -0.39 is 5.97 Å². The first-order valence-corrected chi connectivity index (χ1v) is 12.2. The van der Waals surface area contributed by atoms with Crippen molar-refractivity contribution >= 4 is 55.3 Å². The standard InChI is InChI=1S/C25H21Br2N3O5/c1-3-34-22(31)13-28-24-23(29-21-10-8-18(27)14-30(21)24)15-7-9-19(20(12-15)33-2)35-25(32)16-5-4-6-17(26)11-16/h4-12,14,28H,3,13H2,1-2H3. The molecule has 2 aromatic carbocycles. The van der Waals surface area contributed by atoms with Gasteiger partial charge in [0.1, 0.15) is 23.7 Å². The normalized spacial score (nSPS) is 10.7. The smallest absolute Gasteiger partial charge is 0.343 e. The number of imidazole rings is 1. The van der Waals surface area contributed by atoms with Gasteiger partial charge in [0.25, 0.3) is 0 Å². The average molecular weight is 603 g/mol. The molecule has 0 amide bonds. The van der Waals surface area contributed by atoms with Gasteiger partial charge in [-0.05, 0) is 71.4 Å². The Kier molecular flexibility index (Phi) is 7.72. The predicted octanol–water partition coefficient (Wildman–Crippen LogP) is 5.73. The number of pyridine rings is 1. The number of carbonyl (C=O) groups excluding carboxylic acids is 2. The van der Waals surface area contributed by atoms with Gasteiger partial charge >= 0.3 is 11.9 Å². The molecule has 0 fully saturated rings. The monoisotopic (exact) mass is 601 g/mol. The van der Waals surface area contributed by atoms with Crippen LogP contribution in [0.1, 0.15) is 17.3 Å². The van der Waals surface area contributed by atoms with Crippen molar-refractivity contribution < 1.29 is 23.8 Å². The van der Waals surface area contributed by atoms with Crippen molar-refractivity contribution in [3.8, 4) is 22.8 Å². The Morgan fingerprint density at radius 3 is 2.60 bits per heavy atom. The van der Waals surface area contributed by atoms with Gasteiger partial charge in [-0.15, -0.1) is 0 Å². The van der Waals surface area contributed by atoms with Crippen molar-refractivity contribution in [1.29, 1.82) is 0 Å². The van der Waals surface area contributed by atoms with Gasteiger partial charge in [-0.3, -0.25) is 9.20 Å². The molecule has 0 saturated carbocycles. The maximum Gasteiger partial charge on any atom is 0.343 e. The first kappa shape index (κ1) is 24.7. The van der Waals surface area contributed by atoms with Crippen LogP contribution in [-0.2, 0) is 9.53 Å². The highest BCUT2D eigenvalue weighted by Gasteiger charge is 2.19. The van der Waals surface area contributed by atoms with Crippen LogP contribution < -0.4 is 14.8 Å². The molecule has 0 aliphatic carbocycles. The molecule has 4 aromatic rings. The molecule has 0 bridgehead atoms. The molecule has 4 rings (SSSR count). The minimum Gasteiger partial charge on any atom is -0.493 e. The van der Waals surface area contributed by atoms with Crippen molar-refractivity contribution in [1.82, 2.24) is 9.38 Å². The first-order valence-electron chi connectivity index (χ1n) is 10.6. The summed E-state index contributed by atoms with van der Waals surface area (Å²) in [5, 5.41) is 3.13. The van der Waals surface area contributed by atoms with E-state index in [0.29, 0.717) is 40.6 Å². The molecule has 10 heteroatoms. The average Bonchev–Trinajstić information content (AvgIpc) is 3.20. The van der Waals surface area contributed by atoms with E-state index in [1.54, 1.807) is 43.3 Å². The number of ether oxygens (including phenoxy) is 3. The lowest BCUT2D eigenvalue weighted by atomic mass is 10.1. The molecule has 0 aliphatic rings. The first-order chi connectivity index (χ1) is 16.9. The quantitative estimate of drug-likeness (QED) is 0.203. The van der Waals surface area contributed by atoms with Gasteiger partial charge < -0.3 is 19.5 Å². The van der Waals surface area contributed by atoms with Gasteiger partial charge in [-0.25, -0.2) is 9.78 Å². The molecule has 8 nitrogen and oxygen atoms in total. The zero-order valence-electron chi connectivity index (χ0n) is 18.9. The number of halogens is 2. The summed E-state index contributed by atoms with van der Waals surface area (Å²) in [6.45, 7) is 2.02. The van der Waals surface area contributed by atoms with E-state index >= 15 is 0 Å². The molecule has 0 spiro atoms. The Labute approximate surface area is 218 Å². The Morgan fingerprint density at radius 2 is 1.86 bits per heavy atom. The predicted molar refractivity (Wildman–Crippen MR) is 139 cm³/mol. The summed E-state index contributed by atoms with van der Waals surface area (Å²) in [6.07, 6.45) is 1.85. The Morgan fingerprint density at radius 1 is 1.03 bits per heavy atom. The number of fused-ring (bicyclic) bond motifs is 1. The van der Waals surface area contributed by atoms with E-state index in [1.165, 1.54) is 7.11 Å². The number of rotatable bonds is 8. The van der Waals surface area contributed by atoms with Crippen LogP contribution in [0.2, 0.25) is 0 Å². The summed E-state index contributed by atoms with van der Waals surface area (Å²) in [4.78, 5) is 29.3. The molecule has 180 valence electrons. The second-order valence-corrected chi connectivity index (χ2v) is 9.14. The minimum absolute atomic E-state index is 0.0272. The summed E-state index contributed by atoms with van der Waals surface area (Å²) >= 11 is 6.83. The third-order valence-corrected chi connectivity index (χ3v) is 5.95. The van der Waals surface area contributed by atoms with Crippen molar-refractivity contribution in [2.75, 3.05) is 25.6 Å². The number of nitrogens with one attached hydrogen (secondary N) is 1. The van der Waals surface area contributed by atoms with Crippen molar-refractivity contribution in [3.05, 3.63) is 75.3 Å². The number of benzene rings is 2. The SMILES string of the molecule is CCOC(=O)CNc1c(-c2ccc(OC(=O)c3cccc(Br)c3)c(OC)c2)nc2ccc(Br)cn12. The fourth-order valence-electron chi connectivity index (χ4n) is 3.43. The Hall–Kier alpha value is -3.37. The van der Waals surface area contributed by atoms with Gasteiger partial charge in [-0.2, -0.15) is 0 Å². The summed E-state index contributed by atoms with van der Waals surface area (Å²) in [6, 6.07) is 15.8. The Balaban J connectivity index is 1.69. The van der Waals surface area contributed by atoms with Crippen molar-refractivity contribution in [2.24, 2.45) is 0 Å². The van der Waals surface area contributed by atoms with E-state index in [2.05, 4.69) is 37.2 Å². The fourth-order valence-corrected chi connectivity index (χ4v) is 4.17. The third-order valence-electron chi connectivity index (χ3n) is 4.99. The second kappa shape index (κ2) is 10.9. The molecule has 2 heterocycles. The van der Waals surface area contributed by atoms with Crippen LogP contribution >= 0.6 is 31.9 Å². The number of anilines is 1. The topological polar surface area (TPSA) is 91.2 Å². The molecule has 0 radical (unpaired) electrons. The van der Waals surface area contributed by atoms with E-state index in [-0.39, 0.29) is 18.3 Å². The van der Waals surface area contributed by atoms with Crippen LogP contribution in [0.3, 0.4) is 0 Å². The highest BCUT2D eigenvalue weighted by molar-refractivity contribution is 9.10. The number of hydrogen-bond acceptors (Lipinski definition) is 7. The number of methoxy groups -OCH3 is 1. The maximum atomic E-state index is 12.6. The van der Waals surface area contributed by atoms with Gasteiger partial charge in [0, 0.05) is 20.7 Å². The Bertz CT molecular complexity index is 1400. The van der Waals surface area contributed by atoms with Crippen LogP contribution in [0.15, 0.2) is 69.7 Å². The number of aromatic nitrogens is 2. The molecule has 2 aromatic heterocycles. The van der Waals surface area contributed by atoms with Gasteiger partial charge in [0.05, 0.1) is 19.3 Å². The van der Waals surface area contributed by atoms with E-state index in [1.807, 2.05) is 28.8 Å². The lowest BCUT2D eigenvalue weighted by Gasteiger charge is -2.12. The molecule has 0 atom stereocenters. The summed E-state index contributed by atoms with van der Waals surface area (Å²) in [5.74, 6) is 0.354. The number of hydrogen-bond donors (Lipinski definition) is 1. The number of nitrogens with zero attached hydrogens (tertiary/aromatic N) is 2. The van der Waals surface area contributed by atoms with E-state index in [9.17, 15) is 9.59 Å². The molecule has 1 N–H and O–H groups in total. The van der Waals surface area contributed by atoms with Crippen molar-refractivity contribution in [2.45, 2.75) is 6.92 Å². The third kappa shape index (κ3) is 5.66. The van der Waals surface area contributed by atoms with Crippen LogP contribution in [0.25, 0.3) is 16.9 Å². The van der Waals surface area contributed by atoms with Crippen molar-refractivity contribution in [3.63, 3.8) is 0 Å². The van der Waals surface area contributed by atoms with Crippen LogP contribution in [0.4, 0.5) is 5.82 Å². The number of carbonyl (C=O) groups is 2. The molecule has 0 aliphatic heterocycles. The zero-order valence-corrected chi connectivity index (χ0v) is 22.1. The van der Waals surface area contributed by atoms with Gasteiger partial charge in [-0.1, -0.05) is 22.0 Å². The molecule has 35 heavy (non-hydrogen) atoms. The van der Waals surface area contributed by atoms with Crippen LogP contribution in [0, 0.1) is 0 Å². The highest BCUT2D eigenvalue weighted by Crippen LogP contribution is 2.36. The summed E-state index contributed by atoms with van der Waals surface area (Å²) in [7, 11) is 1.50. The second-order valence-electron chi connectivity index (χ2n) is 7.31. The van der Waals surface area contributed by atoms with Crippen LogP contribution in [0.5, 0.6) is 11.5 Å². The van der Waals surface area contributed by atoms with Gasteiger partial charge in [0.2, 0.25) is 0 Å². The summed E-state index contributed by atoms with van der Waals surface area (Å²) < 4.78 is 19.6. The lowest BCUT2D eigenvalue weighted by molar-refractivity contribution is -0.140. The minimum atomic E-state index is -0.508. The number of esters is 2. The molecule has 0 unspecified atom stereocenters.